The molecule has 0 atom stereocenters. The lowest BCUT2D eigenvalue weighted by molar-refractivity contribution is 1.11. The summed E-state index contributed by atoms with van der Waals surface area (Å²) in [4.78, 5) is 6.82. The van der Waals surface area contributed by atoms with Crippen LogP contribution in [0.3, 0.4) is 0 Å². The van der Waals surface area contributed by atoms with Gasteiger partial charge in [-0.25, -0.2) is 4.98 Å². The fourth-order valence-electron chi connectivity index (χ4n) is 2.04. The smallest absolute Gasteiger partial charge is 0.132 e. The molecule has 1 aromatic heterocycles. The summed E-state index contributed by atoms with van der Waals surface area (Å²) in [5.41, 5.74) is 9.98. The molecule has 19 heavy (non-hydrogen) atoms. The Morgan fingerprint density at radius 2 is 1.95 bits per heavy atom. The van der Waals surface area contributed by atoms with E-state index in [2.05, 4.69) is 41.9 Å². The molecule has 0 amide bonds. The molecular formula is C15H17N3S. The van der Waals surface area contributed by atoms with Crippen LogP contribution in [0.2, 0.25) is 0 Å². The highest BCUT2D eigenvalue weighted by Crippen LogP contribution is 2.25. The Morgan fingerprint density at radius 3 is 2.47 bits per heavy atom. The quantitative estimate of drug-likeness (QED) is 0.871. The molecule has 2 rings (SSSR count). The summed E-state index contributed by atoms with van der Waals surface area (Å²) in [6, 6.07) is 10.2. The third kappa shape index (κ3) is 2.90. The van der Waals surface area contributed by atoms with Crippen molar-refractivity contribution in [1.29, 1.82) is 0 Å². The highest BCUT2D eigenvalue weighted by Gasteiger charge is 2.08. The predicted molar refractivity (Wildman–Crippen MR) is 84.1 cm³/mol. The van der Waals surface area contributed by atoms with Crippen LogP contribution in [-0.4, -0.2) is 17.0 Å². The first-order valence-electron chi connectivity index (χ1n) is 6.06. The number of pyridine rings is 1. The standard InChI is InChI=1S/C15H17N3S/c1-10-4-6-13(11(2)8-10)18(3)14-7-5-12(9-17-14)15(16)19/h4-9H,1-3H3,(H2,16,19). The number of rotatable bonds is 3. The number of benzene rings is 1. The Hall–Kier alpha value is -1.94. The largest absolute Gasteiger partial charge is 0.389 e. The fraction of sp³-hybridized carbons (Fsp3) is 0.200. The van der Waals surface area contributed by atoms with E-state index in [4.69, 9.17) is 18.0 Å². The van der Waals surface area contributed by atoms with Crippen molar-refractivity contribution in [2.75, 3.05) is 11.9 Å². The van der Waals surface area contributed by atoms with Crippen LogP contribution in [0, 0.1) is 13.8 Å². The Labute approximate surface area is 119 Å². The number of anilines is 2. The Kier molecular flexibility index (Phi) is 3.81. The molecule has 0 spiro atoms. The lowest BCUT2D eigenvalue weighted by atomic mass is 10.1. The lowest BCUT2D eigenvalue weighted by Crippen LogP contribution is -2.14. The molecule has 2 N–H and O–H groups in total. The van der Waals surface area contributed by atoms with Gasteiger partial charge in [-0.1, -0.05) is 29.9 Å². The van der Waals surface area contributed by atoms with Crippen LogP contribution in [0.5, 0.6) is 0 Å². The number of nitrogens with zero attached hydrogens (tertiary/aromatic N) is 2. The third-order valence-corrected chi connectivity index (χ3v) is 3.33. The molecule has 0 saturated heterocycles. The maximum absolute atomic E-state index is 5.57. The first-order chi connectivity index (χ1) is 8.99. The molecule has 3 nitrogen and oxygen atoms in total. The number of hydrogen-bond donors (Lipinski definition) is 1. The maximum atomic E-state index is 5.57. The molecule has 1 aromatic carbocycles. The zero-order valence-electron chi connectivity index (χ0n) is 11.3. The van der Waals surface area contributed by atoms with Crippen molar-refractivity contribution in [3.63, 3.8) is 0 Å². The van der Waals surface area contributed by atoms with Gasteiger partial charge in [0.05, 0.1) is 0 Å². The lowest BCUT2D eigenvalue weighted by Gasteiger charge is -2.21. The van der Waals surface area contributed by atoms with Crippen LogP contribution in [0.15, 0.2) is 36.5 Å². The number of aryl methyl sites for hydroxylation is 2. The molecule has 2 aromatic rings. The molecule has 0 aliphatic carbocycles. The van der Waals surface area contributed by atoms with E-state index in [1.54, 1.807) is 6.20 Å². The van der Waals surface area contributed by atoms with E-state index < -0.39 is 0 Å². The van der Waals surface area contributed by atoms with Gasteiger partial charge >= 0.3 is 0 Å². The third-order valence-electron chi connectivity index (χ3n) is 3.09. The van der Waals surface area contributed by atoms with Gasteiger partial charge in [-0.15, -0.1) is 0 Å². The first kappa shape index (κ1) is 13.5. The van der Waals surface area contributed by atoms with E-state index in [0.29, 0.717) is 4.99 Å². The maximum Gasteiger partial charge on any atom is 0.132 e. The molecule has 0 aliphatic rings. The SMILES string of the molecule is Cc1ccc(N(C)c2ccc(C(N)=S)cn2)c(C)c1. The van der Waals surface area contributed by atoms with Crippen molar-refractivity contribution in [2.45, 2.75) is 13.8 Å². The second-order valence-corrected chi connectivity index (χ2v) is 5.06. The number of thiocarbonyl (C=S) groups is 1. The normalized spacial score (nSPS) is 10.3. The summed E-state index contributed by atoms with van der Waals surface area (Å²) in [6.45, 7) is 4.19. The zero-order chi connectivity index (χ0) is 14.0. The molecule has 0 radical (unpaired) electrons. The van der Waals surface area contributed by atoms with Gasteiger partial charge in [0.2, 0.25) is 0 Å². The van der Waals surface area contributed by atoms with E-state index in [1.807, 2.05) is 19.2 Å². The Morgan fingerprint density at radius 1 is 1.21 bits per heavy atom. The van der Waals surface area contributed by atoms with Crippen LogP contribution in [0.25, 0.3) is 0 Å². The van der Waals surface area contributed by atoms with E-state index in [-0.39, 0.29) is 0 Å². The van der Waals surface area contributed by atoms with Crippen molar-refractivity contribution < 1.29 is 0 Å². The minimum atomic E-state index is 0.369. The van der Waals surface area contributed by atoms with Gasteiger partial charge in [0.15, 0.2) is 0 Å². The summed E-state index contributed by atoms with van der Waals surface area (Å²) in [5, 5.41) is 0. The van der Waals surface area contributed by atoms with Crippen LogP contribution in [-0.2, 0) is 0 Å². The second kappa shape index (κ2) is 5.36. The van der Waals surface area contributed by atoms with Gasteiger partial charge in [-0.3, -0.25) is 0 Å². The van der Waals surface area contributed by atoms with Crippen molar-refractivity contribution in [1.82, 2.24) is 4.98 Å². The summed E-state index contributed by atoms with van der Waals surface area (Å²) < 4.78 is 0. The van der Waals surface area contributed by atoms with Crippen molar-refractivity contribution in [3.8, 4) is 0 Å². The average molecular weight is 271 g/mol. The van der Waals surface area contributed by atoms with E-state index in [9.17, 15) is 0 Å². The summed E-state index contributed by atoms with van der Waals surface area (Å²) in [6.07, 6.45) is 1.71. The topological polar surface area (TPSA) is 42.1 Å². The zero-order valence-corrected chi connectivity index (χ0v) is 12.2. The Bertz CT molecular complexity index is 605. The molecule has 4 heteroatoms. The van der Waals surface area contributed by atoms with E-state index in [0.717, 1.165) is 17.1 Å². The van der Waals surface area contributed by atoms with Gasteiger partial charge in [0.25, 0.3) is 0 Å². The van der Waals surface area contributed by atoms with Gasteiger partial charge in [-0.2, -0.15) is 0 Å². The molecular weight excluding hydrogens is 254 g/mol. The van der Waals surface area contributed by atoms with Gasteiger partial charge in [0.1, 0.15) is 10.8 Å². The average Bonchev–Trinajstić information content (AvgIpc) is 2.38. The van der Waals surface area contributed by atoms with Crippen molar-refractivity contribution in [2.24, 2.45) is 5.73 Å². The number of hydrogen-bond acceptors (Lipinski definition) is 3. The summed E-state index contributed by atoms with van der Waals surface area (Å²) in [5.74, 6) is 0.868. The van der Waals surface area contributed by atoms with Crippen molar-refractivity contribution in [3.05, 3.63) is 53.2 Å². The summed E-state index contributed by atoms with van der Waals surface area (Å²) in [7, 11) is 2.00. The minimum absolute atomic E-state index is 0.369. The molecule has 98 valence electrons. The van der Waals surface area contributed by atoms with Crippen LogP contribution < -0.4 is 10.6 Å². The molecule has 0 unspecified atom stereocenters. The van der Waals surface area contributed by atoms with Gasteiger partial charge in [0, 0.05) is 24.5 Å². The second-order valence-electron chi connectivity index (χ2n) is 4.62. The van der Waals surface area contributed by atoms with E-state index in [1.165, 1.54) is 11.1 Å². The van der Waals surface area contributed by atoms with Crippen LogP contribution >= 0.6 is 12.2 Å². The number of nitrogens with two attached hydrogens (primary N) is 1. The predicted octanol–water partition coefficient (Wildman–Crippen LogP) is 3.10. The molecule has 0 aliphatic heterocycles. The summed E-state index contributed by atoms with van der Waals surface area (Å²) >= 11 is 4.92. The highest BCUT2D eigenvalue weighted by atomic mass is 32.1. The van der Waals surface area contributed by atoms with Crippen LogP contribution in [0.1, 0.15) is 16.7 Å². The Balaban J connectivity index is 2.33. The molecule has 0 saturated carbocycles. The first-order valence-corrected chi connectivity index (χ1v) is 6.46. The van der Waals surface area contributed by atoms with Gasteiger partial charge < -0.3 is 10.6 Å². The highest BCUT2D eigenvalue weighted by molar-refractivity contribution is 7.80. The minimum Gasteiger partial charge on any atom is -0.389 e. The van der Waals surface area contributed by atoms with E-state index >= 15 is 0 Å². The monoisotopic (exact) mass is 271 g/mol. The molecule has 0 bridgehead atoms. The number of aromatic nitrogens is 1. The van der Waals surface area contributed by atoms with Crippen LogP contribution in [0.4, 0.5) is 11.5 Å². The molecule has 0 fully saturated rings. The van der Waals surface area contributed by atoms with Gasteiger partial charge in [-0.05, 0) is 37.6 Å². The van der Waals surface area contributed by atoms with Crippen molar-refractivity contribution >= 4 is 28.7 Å². The molecule has 1 heterocycles. The fourth-order valence-corrected chi connectivity index (χ4v) is 2.16.